The molecule has 204 valence electrons. The number of ether oxygens (including phenoxy) is 2. The molecule has 0 spiro atoms. The van der Waals surface area contributed by atoms with E-state index in [4.69, 9.17) is 14.3 Å². The van der Waals surface area contributed by atoms with Gasteiger partial charge < -0.3 is 9.47 Å². The van der Waals surface area contributed by atoms with Crippen molar-refractivity contribution in [3.8, 4) is 5.75 Å². The maximum absolute atomic E-state index is 13.8. The summed E-state index contributed by atoms with van der Waals surface area (Å²) in [4.78, 5) is 23.1. The number of aromatic nitrogens is 1. The maximum Gasteiger partial charge on any atom is 0.269 e. The normalized spacial score (nSPS) is 24.8. The van der Waals surface area contributed by atoms with Crippen LogP contribution in [-0.2, 0) is 30.9 Å². The van der Waals surface area contributed by atoms with Crippen LogP contribution in [0.25, 0.3) is 0 Å². The quantitative estimate of drug-likeness (QED) is 0.477. The number of carbonyl (C=O) groups is 1. The number of carbonyl (C=O) groups excluding carboxylic acids is 1. The SMILES string of the molecule is O=C(NOC1CCCCO1)C1C(S(=O)(=O)N2CCC(Oc3ccccc3)CC2)C=NN1Cc1ccccn1. The number of hydrazone groups is 1. The van der Waals surface area contributed by atoms with Gasteiger partial charge in [0, 0.05) is 38.5 Å². The van der Waals surface area contributed by atoms with Crippen LogP contribution in [0.2, 0.25) is 0 Å². The van der Waals surface area contributed by atoms with Crippen molar-refractivity contribution in [1.29, 1.82) is 0 Å². The van der Waals surface area contributed by atoms with E-state index in [2.05, 4.69) is 15.6 Å². The molecule has 1 aromatic carbocycles. The van der Waals surface area contributed by atoms with E-state index < -0.39 is 33.5 Å². The fraction of sp³-hybridized carbons (Fsp3) is 0.500. The van der Waals surface area contributed by atoms with Crippen LogP contribution in [0.5, 0.6) is 5.75 Å². The van der Waals surface area contributed by atoms with Crippen LogP contribution in [0.4, 0.5) is 0 Å². The number of amides is 1. The second kappa shape index (κ2) is 12.2. The summed E-state index contributed by atoms with van der Waals surface area (Å²) in [7, 11) is -3.90. The second-order valence-electron chi connectivity index (χ2n) is 9.55. The highest BCUT2D eigenvalue weighted by Gasteiger charge is 2.48. The Kier molecular flexibility index (Phi) is 8.52. The lowest BCUT2D eigenvalue weighted by Gasteiger charge is -2.34. The van der Waals surface area contributed by atoms with Gasteiger partial charge in [-0.05, 0) is 49.9 Å². The molecule has 3 aliphatic rings. The van der Waals surface area contributed by atoms with Gasteiger partial charge in [0.15, 0.2) is 12.3 Å². The highest BCUT2D eigenvalue weighted by atomic mass is 32.2. The molecule has 2 saturated heterocycles. The van der Waals surface area contributed by atoms with Gasteiger partial charge in [0.05, 0.1) is 12.2 Å². The number of nitrogens with one attached hydrogen (secondary N) is 1. The molecule has 0 bridgehead atoms. The molecule has 3 atom stereocenters. The number of hydrogen-bond acceptors (Lipinski definition) is 9. The standard InChI is InChI=1S/C26H33N5O6S/c32-26(29-37-24-11-5-7-17-35-24)25-23(18-28-31(25)19-20-8-4-6-14-27-20)38(33,34)30-15-12-22(13-16-30)36-21-9-2-1-3-10-21/h1-4,6,8-10,14,18,22-25H,5,7,11-13,15-17,19H2,(H,29,32). The first-order valence-electron chi connectivity index (χ1n) is 13.0. The lowest BCUT2D eigenvalue weighted by Crippen LogP contribution is -2.55. The van der Waals surface area contributed by atoms with E-state index in [9.17, 15) is 13.2 Å². The Hall–Kier alpha value is -3.06. The Balaban J connectivity index is 1.27. The maximum atomic E-state index is 13.8. The van der Waals surface area contributed by atoms with E-state index in [1.165, 1.54) is 15.5 Å². The zero-order valence-electron chi connectivity index (χ0n) is 21.1. The summed E-state index contributed by atoms with van der Waals surface area (Å²) in [6.45, 7) is 1.32. The Morgan fingerprint density at radius 1 is 1.05 bits per heavy atom. The number of nitrogens with zero attached hydrogens (tertiary/aromatic N) is 4. The minimum atomic E-state index is -3.90. The Bertz CT molecular complexity index is 1190. The molecule has 0 radical (unpaired) electrons. The third-order valence-corrected chi connectivity index (χ3v) is 9.04. The van der Waals surface area contributed by atoms with Crippen LogP contribution < -0.4 is 10.2 Å². The zero-order chi connectivity index (χ0) is 26.4. The molecule has 4 heterocycles. The van der Waals surface area contributed by atoms with Gasteiger partial charge in [-0.25, -0.2) is 23.0 Å². The van der Waals surface area contributed by atoms with Crippen molar-refractivity contribution in [1.82, 2.24) is 19.8 Å². The average Bonchev–Trinajstić information content (AvgIpc) is 3.38. The van der Waals surface area contributed by atoms with Gasteiger partial charge in [0.1, 0.15) is 17.1 Å². The Labute approximate surface area is 222 Å². The summed E-state index contributed by atoms with van der Waals surface area (Å²) in [6, 6.07) is 13.8. The summed E-state index contributed by atoms with van der Waals surface area (Å²) in [5, 5.41) is 4.61. The second-order valence-corrected chi connectivity index (χ2v) is 11.6. The zero-order valence-corrected chi connectivity index (χ0v) is 21.9. The van der Waals surface area contributed by atoms with Gasteiger partial charge in [0.2, 0.25) is 10.0 Å². The number of benzene rings is 1. The van der Waals surface area contributed by atoms with Crippen LogP contribution >= 0.6 is 0 Å². The molecule has 1 amide bonds. The molecule has 11 nitrogen and oxygen atoms in total. The van der Waals surface area contributed by atoms with Gasteiger partial charge in [-0.1, -0.05) is 24.3 Å². The first kappa shape index (κ1) is 26.5. The number of hydrogen-bond donors (Lipinski definition) is 1. The van der Waals surface area contributed by atoms with E-state index >= 15 is 0 Å². The van der Waals surface area contributed by atoms with Gasteiger partial charge in [0.25, 0.3) is 5.91 Å². The molecule has 3 unspecified atom stereocenters. The van der Waals surface area contributed by atoms with Crippen molar-refractivity contribution in [2.45, 2.75) is 62.3 Å². The molecular weight excluding hydrogens is 510 g/mol. The van der Waals surface area contributed by atoms with Crippen LogP contribution in [0, 0.1) is 0 Å². The van der Waals surface area contributed by atoms with Crippen molar-refractivity contribution in [2.24, 2.45) is 5.10 Å². The Morgan fingerprint density at radius 2 is 1.84 bits per heavy atom. The first-order chi connectivity index (χ1) is 18.5. The van der Waals surface area contributed by atoms with E-state index in [-0.39, 0.29) is 12.6 Å². The van der Waals surface area contributed by atoms with Crippen molar-refractivity contribution in [3.05, 3.63) is 60.4 Å². The molecule has 12 heteroatoms. The number of sulfonamides is 1. The van der Waals surface area contributed by atoms with Crippen molar-refractivity contribution in [3.63, 3.8) is 0 Å². The van der Waals surface area contributed by atoms with Crippen LogP contribution in [-0.4, -0.2) is 78.2 Å². The van der Waals surface area contributed by atoms with E-state index in [1.807, 2.05) is 36.4 Å². The van der Waals surface area contributed by atoms with E-state index in [1.54, 1.807) is 18.3 Å². The van der Waals surface area contributed by atoms with E-state index in [0.717, 1.165) is 18.6 Å². The largest absolute Gasteiger partial charge is 0.490 e. The van der Waals surface area contributed by atoms with Crippen molar-refractivity contribution >= 4 is 22.1 Å². The van der Waals surface area contributed by atoms with Crippen LogP contribution in [0.3, 0.4) is 0 Å². The third kappa shape index (κ3) is 6.32. The predicted octanol–water partition coefficient (Wildman–Crippen LogP) is 2.07. The Morgan fingerprint density at radius 3 is 2.55 bits per heavy atom. The van der Waals surface area contributed by atoms with Crippen LogP contribution in [0.1, 0.15) is 37.8 Å². The molecule has 5 rings (SSSR count). The molecule has 2 aromatic rings. The minimum Gasteiger partial charge on any atom is -0.490 e. The van der Waals surface area contributed by atoms with Crippen molar-refractivity contribution in [2.75, 3.05) is 19.7 Å². The molecule has 0 aliphatic carbocycles. The third-order valence-electron chi connectivity index (χ3n) is 6.89. The number of hydroxylamine groups is 1. The van der Waals surface area contributed by atoms with Gasteiger partial charge in [-0.15, -0.1) is 0 Å². The molecule has 1 N–H and O–H groups in total. The number of para-hydroxylation sites is 1. The lowest BCUT2D eigenvalue weighted by molar-refractivity contribution is -0.202. The highest BCUT2D eigenvalue weighted by Crippen LogP contribution is 2.27. The van der Waals surface area contributed by atoms with Gasteiger partial charge >= 0.3 is 0 Å². The summed E-state index contributed by atoms with van der Waals surface area (Å²) in [6.07, 6.45) is 5.97. The number of rotatable bonds is 9. The summed E-state index contributed by atoms with van der Waals surface area (Å²) in [5.74, 6) is 0.170. The van der Waals surface area contributed by atoms with Crippen LogP contribution in [0.15, 0.2) is 59.8 Å². The summed E-state index contributed by atoms with van der Waals surface area (Å²) < 4.78 is 40.5. The summed E-state index contributed by atoms with van der Waals surface area (Å²) >= 11 is 0. The number of piperidine rings is 1. The van der Waals surface area contributed by atoms with E-state index in [0.29, 0.717) is 44.7 Å². The number of pyridine rings is 1. The molecule has 38 heavy (non-hydrogen) atoms. The van der Waals surface area contributed by atoms with Crippen molar-refractivity contribution < 1.29 is 27.5 Å². The average molecular weight is 544 g/mol. The summed E-state index contributed by atoms with van der Waals surface area (Å²) in [5.41, 5.74) is 3.10. The molecule has 0 saturated carbocycles. The highest BCUT2D eigenvalue weighted by molar-refractivity contribution is 7.90. The monoisotopic (exact) mass is 543 g/mol. The smallest absolute Gasteiger partial charge is 0.269 e. The first-order valence-corrected chi connectivity index (χ1v) is 14.5. The fourth-order valence-corrected chi connectivity index (χ4v) is 6.71. The van der Waals surface area contributed by atoms with Gasteiger partial charge in [-0.3, -0.25) is 14.8 Å². The fourth-order valence-electron chi connectivity index (χ4n) is 4.85. The topological polar surface area (TPSA) is 123 Å². The molecule has 2 fully saturated rings. The molecule has 3 aliphatic heterocycles. The molecule has 1 aromatic heterocycles. The van der Waals surface area contributed by atoms with Gasteiger partial charge in [-0.2, -0.15) is 5.10 Å². The molecular formula is C26H33N5O6S. The minimum absolute atomic E-state index is 0.0789. The predicted molar refractivity (Wildman–Crippen MR) is 139 cm³/mol. The lowest BCUT2D eigenvalue weighted by atomic mass is 10.1.